The van der Waals surface area contributed by atoms with E-state index in [1.54, 1.807) is 6.20 Å². The highest BCUT2D eigenvalue weighted by Crippen LogP contribution is 2.13. The molecule has 4 heteroatoms. The molecule has 0 fully saturated rings. The maximum atomic E-state index is 10.2. The predicted octanol–water partition coefficient (Wildman–Crippen LogP) is 2.38. The number of hydrogen-bond acceptors (Lipinski definition) is 3. The molecule has 1 rings (SSSR count). The van der Waals surface area contributed by atoms with Crippen molar-refractivity contribution in [3.05, 3.63) is 28.5 Å². The van der Waals surface area contributed by atoms with Crippen molar-refractivity contribution in [1.82, 2.24) is 10.3 Å². The minimum Gasteiger partial charge on any atom is -0.388 e. The minimum absolute atomic E-state index is 0.561. The summed E-state index contributed by atoms with van der Waals surface area (Å²) in [5.41, 5.74) is 0.153. The third-order valence-electron chi connectivity index (χ3n) is 2.41. The lowest BCUT2D eigenvalue weighted by Crippen LogP contribution is -2.41. The van der Waals surface area contributed by atoms with E-state index in [9.17, 15) is 5.11 Å². The van der Waals surface area contributed by atoms with Crippen LogP contribution in [0.2, 0.25) is 0 Å². The van der Waals surface area contributed by atoms with Crippen molar-refractivity contribution in [1.29, 1.82) is 0 Å². The molecule has 0 amide bonds. The van der Waals surface area contributed by atoms with Gasteiger partial charge >= 0.3 is 0 Å². The van der Waals surface area contributed by atoms with E-state index in [1.165, 1.54) is 0 Å². The van der Waals surface area contributed by atoms with E-state index < -0.39 is 5.60 Å². The second kappa shape index (κ2) is 6.47. The van der Waals surface area contributed by atoms with Crippen LogP contribution < -0.4 is 5.32 Å². The Balaban J connectivity index is 2.45. The summed E-state index contributed by atoms with van der Waals surface area (Å²) in [5, 5.41) is 13.5. The normalized spacial score (nSPS) is 14.9. The summed E-state index contributed by atoms with van der Waals surface area (Å²) in [4.78, 5) is 4.27. The standard InChI is InChI=1S/C13H21BrN2O/c1-10(2)7-15-9-13(3,17)6-12-5-4-11(14)8-16-12/h4-5,8,10,15,17H,6-7,9H2,1-3H3. The molecule has 3 nitrogen and oxygen atoms in total. The van der Waals surface area contributed by atoms with Crippen molar-refractivity contribution in [2.45, 2.75) is 32.8 Å². The molecule has 1 unspecified atom stereocenters. The highest BCUT2D eigenvalue weighted by molar-refractivity contribution is 9.10. The van der Waals surface area contributed by atoms with Crippen LogP contribution in [0.25, 0.3) is 0 Å². The molecule has 0 aliphatic heterocycles. The molecule has 0 aromatic carbocycles. The molecule has 17 heavy (non-hydrogen) atoms. The summed E-state index contributed by atoms with van der Waals surface area (Å²) >= 11 is 3.35. The molecular formula is C13H21BrN2O. The van der Waals surface area contributed by atoms with E-state index in [1.807, 2.05) is 19.1 Å². The van der Waals surface area contributed by atoms with Crippen LogP contribution in [0.5, 0.6) is 0 Å². The van der Waals surface area contributed by atoms with Crippen molar-refractivity contribution in [2.24, 2.45) is 5.92 Å². The zero-order valence-corrected chi connectivity index (χ0v) is 12.3. The van der Waals surface area contributed by atoms with Crippen LogP contribution in [0, 0.1) is 5.92 Å². The molecule has 1 atom stereocenters. The molecule has 1 aromatic rings. The lowest BCUT2D eigenvalue weighted by atomic mass is 9.99. The van der Waals surface area contributed by atoms with Gasteiger partial charge in [0.1, 0.15) is 0 Å². The fraction of sp³-hybridized carbons (Fsp3) is 0.615. The van der Waals surface area contributed by atoms with Gasteiger partial charge in [-0.1, -0.05) is 13.8 Å². The van der Waals surface area contributed by atoms with Crippen LogP contribution in [-0.2, 0) is 6.42 Å². The molecule has 0 saturated carbocycles. The quantitative estimate of drug-likeness (QED) is 0.848. The van der Waals surface area contributed by atoms with E-state index in [4.69, 9.17) is 0 Å². The largest absolute Gasteiger partial charge is 0.388 e. The lowest BCUT2D eigenvalue weighted by Gasteiger charge is -2.24. The van der Waals surface area contributed by atoms with Gasteiger partial charge in [-0.05, 0) is 47.4 Å². The SMILES string of the molecule is CC(C)CNCC(C)(O)Cc1ccc(Br)cn1. The van der Waals surface area contributed by atoms with Crippen LogP contribution in [-0.4, -0.2) is 28.8 Å². The number of pyridine rings is 1. The highest BCUT2D eigenvalue weighted by atomic mass is 79.9. The van der Waals surface area contributed by atoms with Crippen LogP contribution in [0.4, 0.5) is 0 Å². The minimum atomic E-state index is -0.754. The van der Waals surface area contributed by atoms with Crippen LogP contribution in [0.3, 0.4) is 0 Å². The molecule has 0 aliphatic rings. The first kappa shape index (κ1) is 14.6. The molecule has 1 aromatic heterocycles. The van der Waals surface area contributed by atoms with E-state index in [0.717, 1.165) is 16.7 Å². The maximum Gasteiger partial charge on any atom is 0.0798 e. The second-order valence-corrected chi connectivity index (χ2v) is 6.08. The van der Waals surface area contributed by atoms with Gasteiger partial charge in [0, 0.05) is 29.3 Å². The van der Waals surface area contributed by atoms with Crippen LogP contribution in [0.1, 0.15) is 26.5 Å². The average Bonchev–Trinajstić information content (AvgIpc) is 2.20. The Labute approximate surface area is 112 Å². The zero-order valence-electron chi connectivity index (χ0n) is 10.7. The Morgan fingerprint density at radius 1 is 1.47 bits per heavy atom. The van der Waals surface area contributed by atoms with Gasteiger partial charge in [-0.3, -0.25) is 4.98 Å². The molecule has 2 N–H and O–H groups in total. The van der Waals surface area contributed by atoms with Crippen LogP contribution >= 0.6 is 15.9 Å². The highest BCUT2D eigenvalue weighted by Gasteiger charge is 2.21. The number of hydrogen-bond donors (Lipinski definition) is 2. The maximum absolute atomic E-state index is 10.2. The van der Waals surface area contributed by atoms with Gasteiger partial charge in [0.05, 0.1) is 5.60 Å². The third kappa shape index (κ3) is 6.15. The third-order valence-corrected chi connectivity index (χ3v) is 2.88. The van der Waals surface area contributed by atoms with Crippen molar-refractivity contribution in [3.63, 3.8) is 0 Å². The van der Waals surface area contributed by atoms with Gasteiger partial charge in [0.25, 0.3) is 0 Å². The van der Waals surface area contributed by atoms with Crippen molar-refractivity contribution in [2.75, 3.05) is 13.1 Å². The monoisotopic (exact) mass is 300 g/mol. The van der Waals surface area contributed by atoms with Gasteiger partial charge in [0.2, 0.25) is 0 Å². The molecule has 96 valence electrons. The summed E-state index contributed by atoms with van der Waals surface area (Å²) in [6, 6.07) is 3.88. The molecule has 0 saturated heterocycles. The Morgan fingerprint density at radius 2 is 2.18 bits per heavy atom. The summed E-state index contributed by atoms with van der Waals surface area (Å²) < 4.78 is 0.957. The Bertz CT molecular complexity index is 336. The number of halogens is 1. The zero-order chi connectivity index (χ0) is 12.9. The Hall–Kier alpha value is -0.450. The lowest BCUT2D eigenvalue weighted by molar-refractivity contribution is 0.0586. The first-order valence-corrected chi connectivity index (χ1v) is 6.72. The fourth-order valence-corrected chi connectivity index (χ4v) is 1.83. The number of nitrogens with zero attached hydrogens (tertiary/aromatic N) is 1. The summed E-state index contributed by atoms with van der Waals surface area (Å²) in [5.74, 6) is 0.594. The van der Waals surface area contributed by atoms with Crippen molar-refractivity contribution in [3.8, 4) is 0 Å². The Morgan fingerprint density at radius 3 is 2.71 bits per heavy atom. The number of nitrogens with one attached hydrogen (secondary N) is 1. The van der Waals surface area contributed by atoms with Crippen LogP contribution in [0.15, 0.2) is 22.8 Å². The fourth-order valence-electron chi connectivity index (χ4n) is 1.59. The molecule has 0 radical (unpaired) electrons. The number of aliphatic hydroxyl groups is 1. The Kier molecular flexibility index (Phi) is 5.56. The van der Waals surface area contributed by atoms with Gasteiger partial charge in [-0.15, -0.1) is 0 Å². The second-order valence-electron chi connectivity index (χ2n) is 5.17. The molecule has 0 bridgehead atoms. The first-order valence-electron chi connectivity index (χ1n) is 5.92. The number of rotatable bonds is 6. The summed E-state index contributed by atoms with van der Waals surface area (Å²) in [6.07, 6.45) is 2.32. The molecular weight excluding hydrogens is 280 g/mol. The number of aromatic nitrogens is 1. The van der Waals surface area contributed by atoms with E-state index in [2.05, 4.69) is 40.1 Å². The van der Waals surface area contributed by atoms with E-state index in [-0.39, 0.29) is 0 Å². The van der Waals surface area contributed by atoms with E-state index >= 15 is 0 Å². The van der Waals surface area contributed by atoms with Crippen molar-refractivity contribution >= 4 is 15.9 Å². The van der Waals surface area contributed by atoms with Gasteiger partial charge < -0.3 is 10.4 Å². The van der Waals surface area contributed by atoms with E-state index in [0.29, 0.717) is 18.9 Å². The molecule has 0 aliphatic carbocycles. The van der Waals surface area contributed by atoms with Gasteiger partial charge in [-0.25, -0.2) is 0 Å². The van der Waals surface area contributed by atoms with Gasteiger partial charge in [-0.2, -0.15) is 0 Å². The van der Waals surface area contributed by atoms with Crippen molar-refractivity contribution < 1.29 is 5.11 Å². The molecule has 0 spiro atoms. The summed E-state index contributed by atoms with van der Waals surface area (Å²) in [7, 11) is 0. The average molecular weight is 301 g/mol. The van der Waals surface area contributed by atoms with Gasteiger partial charge in [0.15, 0.2) is 0 Å². The molecule has 1 heterocycles. The summed E-state index contributed by atoms with van der Waals surface area (Å²) in [6.45, 7) is 7.65. The topological polar surface area (TPSA) is 45.1 Å². The first-order chi connectivity index (χ1) is 7.89. The predicted molar refractivity (Wildman–Crippen MR) is 74.0 cm³/mol. The smallest absolute Gasteiger partial charge is 0.0798 e.